The van der Waals surface area contributed by atoms with E-state index in [2.05, 4.69) is 9.47 Å². The molecule has 0 saturated heterocycles. The molecule has 0 aliphatic carbocycles. The Morgan fingerprint density at radius 2 is 0.403 bits per heavy atom. The first-order valence-electron chi connectivity index (χ1n) is 16.9. The normalized spacial score (nSPS) is 6.32. The van der Waals surface area contributed by atoms with E-state index >= 15 is 0 Å². The van der Waals surface area contributed by atoms with Crippen molar-refractivity contribution in [3.8, 4) is 0 Å². The topological polar surface area (TPSA) is 208 Å². The summed E-state index contributed by atoms with van der Waals surface area (Å²) in [5.74, 6) is -3.52. The number of aliphatic hydroxyl groups is 2. The van der Waals surface area contributed by atoms with Crippen molar-refractivity contribution in [2.24, 2.45) is 0 Å². The van der Waals surface area contributed by atoms with Crippen LogP contribution < -0.4 is 0 Å². The maximum Gasteiger partial charge on any atom is 0.335 e. The zero-order valence-corrected chi connectivity index (χ0v) is 43.5. The van der Waals surface area contributed by atoms with Crippen molar-refractivity contribution in [3.63, 3.8) is 0 Å². The third-order valence-corrected chi connectivity index (χ3v) is 4.08. The SMILES string of the molecule is C.C.C.C.CC.CC.CC.CC.CO.CO.COC.COC.O=C(O)c1ccccc1.O=C(O)c1ccccc1.O=C(O)c1ccccc1.O=C(O)c1ccccc1.[CH3-].[CH3-].[Y].[Y]. The van der Waals surface area contributed by atoms with E-state index in [9.17, 15) is 19.2 Å². The van der Waals surface area contributed by atoms with Gasteiger partial charge in [0, 0.05) is 108 Å². The molecule has 0 fully saturated rings. The molecule has 4 rings (SSSR count). The van der Waals surface area contributed by atoms with Gasteiger partial charge in [0.25, 0.3) is 0 Å². The molecule has 6 N–H and O–H groups in total. The van der Waals surface area contributed by atoms with Gasteiger partial charge in [-0.3, -0.25) is 0 Å². The number of ether oxygens (including phenoxy) is 2. The first kappa shape index (κ1) is 107. The molecule has 0 heterocycles. The summed E-state index contributed by atoms with van der Waals surface area (Å²) in [6, 6.07) is 33.2. The fourth-order valence-corrected chi connectivity index (χ4v) is 2.32. The Balaban J connectivity index is -0.0000000278. The zero-order valence-electron chi connectivity index (χ0n) is 37.8. The smallest absolute Gasteiger partial charge is 0.335 e. The van der Waals surface area contributed by atoms with Gasteiger partial charge in [-0.2, -0.15) is 0 Å². The second kappa shape index (κ2) is 102. The Morgan fingerprint density at radius 3 is 0.452 bits per heavy atom. The zero-order chi connectivity index (χ0) is 44.2. The first-order valence-corrected chi connectivity index (χ1v) is 16.9. The third kappa shape index (κ3) is 88.1. The first-order chi connectivity index (χ1) is 26.0. The van der Waals surface area contributed by atoms with Gasteiger partial charge in [-0.25, -0.2) is 19.2 Å². The van der Waals surface area contributed by atoms with E-state index in [-0.39, 0.29) is 110 Å². The standard InChI is InChI=1S/4C7H6O2.2C2H6O.4C2H6.2CH4O.4CH4.2CH3.2Y/c4*8-7(9)6-4-2-1-3-5-6;2*1-3-2;6*1-2;;;;;;;;/h4*1-5H,(H,8,9);2*1-2H3;4*1-2H3;2*2H,1H3;4*1H4;2*1H3;;/q;;;;;;;;;;;;;;;;2*-1;;. The minimum atomic E-state index is -0.879. The molecule has 362 valence electrons. The molecule has 2 radical (unpaired) electrons. The number of carboxylic acids is 4. The predicted molar refractivity (Wildman–Crippen MR) is 261 cm³/mol. The molecule has 0 bridgehead atoms. The summed E-state index contributed by atoms with van der Waals surface area (Å²) in [5, 5.41) is 47.5. The van der Waals surface area contributed by atoms with E-state index in [1.54, 1.807) is 150 Å². The van der Waals surface area contributed by atoms with Crippen LogP contribution in [0.3, 0.4) is 0 Å². The van der Waals surface area contributed by atoms with Crippen molar-refractivity contribution in [2.75, 3.05) is 42.7 Å². The van der Waals surface area contributed by atoms with Crippen LogP contribution in [0.1, 0.15) is 127 Å². The average molecular weight is 1040 g/mol. The van der Waals surface area contributed by atoms with Crippen LogP contribution >= 0.6 is 0 Å². The van der Waals surface area contributed by atoms with E-state index in [0.29, 0.717) is 22.3 Å². The summed E-state index contributed by atoms with van der Waals surface area (Å²) in [6.45, 7) is 16.0. The van der Waals surface area contributed by atoms with Gasteiger partial charge in [-0.1, -0.05) is 158 Å². The summed E-state index contributed by atoms with van der Waals surface area (Å²) < 4.78 is 8.50. The minimum Gasteiger partial charge on any atom is -0.478 e. The van der Waals surface area contributed by atoms with E-state index in [1.807, 2.05) is 55.4 Å². The van der Waals surface area contributed by atoms with Gasteiger partial charge >= 0.3 is 23.9 Å². The summed E-state index contributed by atoms with van der Waals surface area (Å²) in [7, 11) is 8.50. The monoisotopic (exact) mass is 1040 g/mol. The number of benzene rings is 4. The molecule has 0 spiro atoms. The van der Waals surface area contributed by atoms with Gasteiger partial charge in [-0.05, 0) is 48.5 Å². The summed E-state index contributed by atoms with van der Waals surface area (Å²) >= 11 is 0. The minimum absolute atomic E-state index is 0. The summed E-state index contributed by atoms with van der Waals surface area (Å²) in [4.78, 5) is 40.8. The van der Waals surface area contributed by atoms with Gasteiger partial charge in [-0.15, -0.1) is 0 Å². The molecule has 62 heavy (non-hydrogen) atoms. The molecular weight excluding hydrogens is 946 g/mol. The second-order valence-electron chi connectivity index (χ2n) is 7.50. The molecule has 0 saturated carbocycles. The van der Waals surface area contributed by atoms with Gasteiger partial charge in [0.15, 0.2) is 0 Å². The van der Waals surface area contributed by atoms with Crippen LogP contribution in [0.4, 0.5) is 0 Å². The Bertz CT molecular complexity index is 1070. The van der Waals surface area contributed by atoms with Gasteiger partial charge in [0.05, 0.1) is 22.3 Å². The Kier molecular flexibility index (Phi) is 176. The van der Waals surface area contributed by atoms with E-state index in [0.717, 1.165) is 14.2 Å². The molecule has 14 heteroatoms. The molecule has 4 aromatic rings. The molecule has 0 aromatic heterocycles. The average Bonchev–Trinajstić information content (AvgIpc) is 3.25. The molecule has 0 atom stereocenters. The Labute approximate surface area is 431 Å². The van der Waals surface area contributed by atoms with Gasteiger partial charge in [0.1, 0.15) is 0 Å². The summed E-state index contributed by atoms with van der Waals surface area (Å²) in [6.07, 6.45) is 0. The van der Waals surface area contributed by atoms with Crippen molar-refractivity contribution in [2.45, 2.75) is 85.1 Å². The fraction of sp³-hybridized carbons (Fsp3) is 0.375. The summed E-state index contributed by atoms with van der Waals surface area (Å²) in [5.41, 5.74) is 1.32. The second-order valence-corrected chi connectivity index (χ2v) is 7.50. The number of hydrogen-bond donors (Lipinski definition) is 6. The molecule has 0 aliphatic rings. The van der Waals surface area contributed by atoms with E-state index in [4.69, 9.17) is 30.6 Å². The van der Waals surface area contributed by atoms with Crippen LogP contribution in [0.5, 0.6) is 0 Å². The van der Waals surface area contributed by atoms with Crippen LogP contribution in [-0.4, -0.2) is 97.2 Å². The van der Waals surface area contributed by atoms with Crippen molar-refractivity contribution >= 4 is 23.9 Å². The molecule has 0 unspecified atom stereocenters. The number of rotatable bonds is 4. The molecule has 0 aliphatic heterocycles. The van der Waals surface area contributed by atoms with Gasteiger partial charge < -0.3 is 55.0 Å². The molecule has 0 amide bonds. The van der Waals surface area contributed by atoms with Crippen LogP contribution in [0.2, 0.25) is 0 Å². The predicted octanol–water partition coefficient (Wildman–Crippen LogP) is 12.8. The largest absolute Gasteiger partial charge is 0.478 e. The number of aromatic carboxylic acids is 4. The van der Waals surface area contributed by atoms with Crippen molar-refractivity contribution in [1.82, 2.24) is 0 Å². The van der Waals surface area contributed by atoms with Crippen LogP contribution in [-0.2, 0) is 74.9 Å². The Hall–Kier alpha value is -3.19. The van der Waals surface area contributed by atoms with Crippen LogP contribution in [0.25, 0.3) is 0 Å². The maximum atomic E-state index is 10.2. The number of aliphatic hydroxyl groups excluding tert-OH is 2. The van der Waals surface area contributed by atoms with Crippen molar-refractivity contribution in [3.05, 3.63) is 158 Å². The Morgan fingerprint density at radius 1 is 0.323 bits per heavy atom. The van der Waals surface area contributed by atoms with Crippen LogP contribution in [0.15, 0.2) is 121 Å². The fourth-order valence-electron chi connectivity index (χ4n) is 2.32. The molecule has 12 nitrogen and oxygen atoms in total. The molecule has 4 aromatic carbocycles. The van der Waals surface area contributed by atoms with Crippen LogP contribution in [0, 0.1) is 14.9 Å². The number of methoxy groups -OCH3 is 2. The number of hydrogen-bond acceptors (Lipinski definition) is 8. The molecular formula is C48H90O12Y2-2. The van der Waals surface area contributed by atoms with Crippen molar-refractivity contribution < 1.29 is 125 Å². The van der Waals surface area contributed by atoms with Gasteiger partial charge in [0.2, 0.25) is 0 Å². The quantitative estimate of drug-likeness (QED) is 0.106. The number of carboxylic acid groups (broad SMARTS) is 4. The number of carbonyl (C=O) groups is 4. The van der Waals surface area contributed by atoms with E-state index in [1.165, 1.54) is 0 Å². The third-order valence-electron chi connectivity index (χ3n) is 4.08. The van der Waals surface area contributed by atoms with Crippen molar-refractivity contribution in [1.29, 1.82) is 0 Å². The maximum absolute atomic E-state index is 10.2. The van der Waals surface area contributed by atoms with E-state index < -0.39 is 23.9 Å².